The van der Waals surface area contributed by atoms with E-state index < -0.39 is 47.7 Å². The van der Waals surface area contributed by atoms with Gasteiger partial charge in [0, 0.05) is 18.7 Å². The molecule has 0 saturated heterocycles. The molecule has 1 aliphatic rings. The first-order chi connectivity index (χ1) is 15.0. The van der Waals surface area contributed by atoms with Gasteiger partial charge in [-0.25, -0.2) is 13.6 Å². The maximum Gasteiger partial charge on any atom is 0.416 e. The van der Waals surface area contributed by atoms with Crippen molar-refractivity contribution in [3.05, 3.63) is 70.3 Å². The summed E-state index contributed by atoms with van der Waals surface area (Å²) in [7, 11) is 0. The first-order valence-electron chi connectivity index (χ1n) is 10.1. The minimum Gasteiger partial charge on any atom is -0.465 e. The number of hydrogen-bond acceptors (Lipinski definition) is 3. The Hall–Kier alpha value is -2.72. The highest BCUT2D eigenvalue weighted by molar-refractivity contribution is 5.65. The Labute approximate surface area is 181 Å². The third-order valence-corrected chi connectivity index (χ3v) is 5.54. The van der Waals surface area contributed by atoms with E-state index in [1.165, 1.54) is 6.07 Å². The predicted octanol–water partition coefficient (Wildman–Crippen LogP) is 4.19. The largest absolute Gasteiger partial charge is 0.465 e. The molecule has 5 nitrogen and oxygen atoms in total. The van der Waals surface area contributed by atoms with Crippen molar-refractivity contribution < 1.29 is 37.0 Å². The molecule has 1 amide bonds. The molecule has 10 heteroatoms. The molecule has 0 aromatic heterocycles. The number of aliphatic hydroxyl groups excluding tert-OH is 1. The van der Waals surface area contributed by atoms with Crippen LogP contribution in [0.2, 0.25) is 0 Å². The van der Waals surface area contributed by atoms with Gasteiger partial charge in [0.25, 0.3) is 0 Å². The van der Waals surface area contributed by atoms with Crippen LogP contribution in [-0.2, 0) is 19.0 Å². The Kier molecular flexibility index (Phi) is 7.35. The molecule has 0 heterocycles. The molecule has 174 valence electrons. The lowest BCUT2D eigenvalue weighted by Crippen LogP contribution is -2.49. The van der Waals surface area contributed by atoms with Crippen molar-refractivity contribution in [1.29, 1.82) is 0 Å². The van der Waals surface area contributed by atoms with Gasteiger partial charge >= 0.3 is 12.3 Å². The molecule has 0 unspecified atom stereocenters. The number of carbonyl (C=O) groups is 1. The van der Waals surface area contributed by atoms with Crippen LogP contribution < -0.4 is 10.6 Å². The van der Waals surface area contributed by atoms with Gasteiger partial charge in [0.15, 0.2) is 0 Å². The third kappa shape index (κ3) is 5.95. The van der Waals surface area contributed by atoms with E-state index in [0.29, 0.717) is 30.9 Å². The van der Waals surface area contributed by atoms with E-state index in [0.717, 1.165) is 18.2 Å². The summed E-state index contributed by atoms with van der Waals surface area (Å²) in [5, 5.41) is 24.8. The summed E-state index contributed by atoms with van der Waals surface area (Å²) in [6, 6.07) is 5.20. The quantitative estimate of drug-likeness (QED) is 0.469. The first-order valence-corrected chi connectivity index (χ1v) is 10.1. The van der Waals surface area contributed by atoms with Crippen molar-refractivity contribution in [2.75, 3.05) is 6.54 Å². The zero-order valence-corrected chi connectivity index (χ0v) is 16.9. The molecular weight excluding hydrogens is 435 g/mol. The van der Waals surface area contributed by atoms with Gasteiger partial charge < -0.3 is 20.8 Å². The van der Waals surface area contributed by atoms with Crippen LogP contribution in [0, 0.1) is 11.6 Å². The van der Waals surface area contributed by atoms with Crippen LogP contribution in [0.25, 0.3) is 0 Å². The van der Waals surface area contributed by atoms with Gasteiger partial charge in [0.1, 0.15) is 11.6 Å². The number of hydrogen-bond donors (Lipinski definition) is 4. The summed E-state index contributed by atoms with van der Waals surface area (Å²) in [5.41, 5.74) is 0.181. The van der Waals surface area contributed by atoms with E-state index in [2.05, 4.69) is 10.6 Å². The Bertz CT molecular complexity index is 947. The van der Waals surface area contributed by atoms with Gasteiger partial charge in [-0.2, -0.15) is 13.2 Å². The molecule has 3 rings (SSSR count). The lowest BCUT2D eigenvalue weighted by Gasteiger charge is -2.31. The van der Waals surface area contributed by atoms with Crippen molar-refractivity contribution in [2.45, 2.75) is 50.0 Å². The minimum atomic E-state index is -4.47. The fourth-order valence-electron chi connectivity index (χ4n) is 4.16. The number of rotatable bonds is 7. The molecular formula is C22H23F5N2O3. The van der Waals surface area contributed by atoms with Crippen LogP contribution in [0.3, 0.4) is 0 Å². The molecule has 2 aromatic rings. The summed E-state index contributed by atoms with van der Waals surface area (Å²) in [6.45, 7) is -0.136. The van der Waals surface area contributed by atoms with Gasteiger partial charge in [-0.05, 0) is 60.6 Å². The maximum absolute atomic E-state index is 13.5. The van der Waals surface area contributed by atoms with Crippen molar-refractivity contribution in [2.24, 2.45) is 0 Å². The molecule has 0 aliphatic heterocycles. The number of halogens is 5. The molecule has 4 N–H and O–H groups in total. The molecule has 0 radical (unpaired) electrons. The van der Waals surface area contributed by atoms with Crippen LogP contribution in [0.15, 0.2) is 36.4 Å². The highest BCUT2D eigenvalue weighted by atomic mass is 19.4. The Morgan fingerprint density at radius 2 is 1.84 bits per heavy atom. The summed E-state index contributed by atoms with van der Waals surface area (Å²) in [6.07, 6.45) is -6.01. The smallest absolute Gasteiger partial charge is 0.416 e. The van der Waals surface area contributed by atoms with Crippen molar-refractivity contribution in [1.82, 2.24) is 10.6 Å². The number of fused-ring (bicyclic) bond motifs is 1. The average molecular weight is 458 g/mol. The normalized spacial score (nSPS) is 18.0. The SMILES string of the molecule is O=C(O)N[C@@H](Cc1cc(F)cc(F)c1)[C@H](O)CN[C@H]1CCCc2c1cccc2C(F)(F)F. The van der Waals surface area contributed by atoms with E-state index >= 15 is 0 Å². The van der Waals surface area contributed by atoms with Crippen LogP contribution in [0.1, 0.15) is 41.1 Å². The molecule has 3 atom stereocenters. The molecule has 0 fully saturated rings. The first kappa shape index (κ1) is 23.9. The van der Waals surface area contributed by atoms with Gasteiger partial charge in [0.2, 0.25) is 0 Å². The van der Waals surface area contributed by atoms with E-state index in [1.54, 1.807) is 6.07 Å². The van der Waals surface area contributed by atoms with Gasteiger partial charge in [-0.1, -0.05) is 12.1 Å². The summed E-state index contributed by atoms with van der Waals surface area (Å²) in [4.78, 5) is 11.1. The van der Waals surface area contributed by atoms with E-state index in [4.69, 9.17) is 5.11 Å². The fraction of sp³-hybridized carbons (Fsp3) is 0.409. The zero-order chi connectivity index (χ0) is 23.5. The fourth-order valence-corrected chi connectivity index (χ4v) is 4.16. The zero-order valence-electron chi connectivity index (χ0n) is 16.9. The number of aliphatic hydroxyl groups is 1. The van der Waals surface area contributed by atoms with Crippen molar-refractivity contribution >= 4 is 6.09 Å². The minimum absolute atomic E-state index is 0.136. The summed E-state index contributed by atoms with van der Waals surface area (Å²) in [5.74, 6) is -1.66. The molecule has 0 saturated carbocycles. The molecule has 2 aromatic carbocycles. The summed E-state index contributed by atoms with van der Waals surface area (Å²) < 4.78 is 66.9. The Balaban J connectivity index is 1.73. The van der Waals surface area contributed by atoms with E-state index in [-0.39, 0.29) is 24.1 Å². The Morgan fingerprint density at radius 3 is 2.47 bits per heavy atom. The van der Waals surface area contributed by atoms with Crippen LogP contribution in [0.4, 0.5) is 26.7 Å². The van der Waals surface area contributed by atoms with E-state index in [9.17, 15) is 31.9 Å². The van der Waals surface area contributed by atoms with Gasteiger partial charge in [-0.15, -0.1) is 0 Å². The highest BCUT2D eigenvalue weighted by Gasteiger charge is 2.36. The van der Waals surface area contributed by atoms with Crippen molar-refractivity contribution in [3.63, 3.8) is 0 Å². The molecule has 0 bridgehead atoms. The van der Waals surface area contributed by atoms with Gasteiger partial charge in [0.05, 0.1) is 17.7 Å². The second-order valence-electron chi connectivity index (χ2n) is 7.83. The van der Waals surface area contributed by atoms with Crippen LogP contribution >= 0.6 is 0 Å². The Morgan fingerprint density at radius 1 is 1.16 bits per heavy atom. The lowest BCUT2D eigenvalue weighted by molar-refractivity contribution is -0.138. The van der Waals surface area contributed by atoms with Gasteiger partial charge in [-0.3, -0.25) is 0 Å². The standard InChI is InChI=1S/C22H23F5N2O3/c23-13-7-12(8-14(24)10-13)9-19(29-21(31)32)20(30)11-28-18-6-2-3-15-16(18)4-1-5-17(15)22(25,26)27/h1,4-5,7-8,10,18-20,28-30H,2-3,6,9,11H2,(H,31,32)/t18-,19-,20+/m0/s1. The predicted molar refractivity (Wildman–Crippen MR) is 106 cm³/mol. The van der Waals surface area contributed by atoms with Crippen LogP contribution in [0.5, 0.6) is 0 Å². The number of alkyl halides is 3. The molecule has 1 aliphatic carbocycles. The molecule has 0 spiro atoms. The number of benzene rings is 2. The number of amides is 1. The average Bonchev–Trinajstić information content (AvgIpc) is 2.69. The highest BCUT2D eigenvalue weighted by Crippen LogP contribution is 2.39. The maximum atomic E-state index is 13.5. The summed E-state index contributed by atoms with van der Waals surface area (Å²) >= 11 is 0. The second kappa shape index (κ2) is 9.83. The second-order valence-corrected chi connectivity index (χ2v) is 7.83. The van der Waals surface area contributed by atoms with Crippen LogP contribution in [-0.4, -0.2) is 35.0 Å². The monoisotopic (exact) mass is 458 g/mol. The number of nitrogens with one attached hydrogen (secondary N) is 2. The van der Waals surface area contributed by atoms with E-state index in [1.807, 2.05) is 0 Å². The van der Waals surface area contributed by atoms with Crippen molar-refractivity contribution in [3.8, 4) is 0 Å². The topological polar surface area (TPSA) is 81.6 Å². The lowest BCUT2D eigenvalue weighted by atomic mass is 9.84. The third-order valence-electron chi connectivity index (χ3n) is 5.54. The number of carboxylic acid groups (broad SMARTS) is 1. The molecule has 32 heavy (non-hydrogen) atoms.